The van der Waals surface area contributed by atoms with Crippen LogP contribution in [0.2, 0.25) is 0 Å². The Labute approximate surface area is 171 Å². The molecular weight excluding hydrogens is 395 g/mol. The largest absolute Gasteiger partial charge is 0.444 e. The predicted octanol–water partition coefficient (Wildman–Crippen LogP) is 3.69. The Bertz CT molecular complexity index is 954. The van der Waals surface area contributed by atoms with Crippen molar-refractivity contribution in [1.82, 2.24) is 9.78 Å². The van der Waals surface area contributed by atoms with E-state index in [1.165, 1.54) is 15.6 Å². The minimum atomic E-state index is -0.608. The van der Waals surface area contributed by atoms with Crippen LogP contribution in [0.3, 0.4) is 0 Å². The molecule has 1 amide bonds. The first-order chi connectivity index (χ1) is 14.6. The lowest BCUT2D eigenvalue weighted by Crippen LogP contribution is -2.25. The van der Waals surface area contributed by atoms with Crippen LogP contribution in [0.15, 0.2) is 35.7 Å². The number of halogens is 1. The highest BCUT2D eigenvalue weighted by Crippen LogP contribution is 2.26. The first-order valence-electron chi connectivity index (χ1n) is 9.70. The summed E-state index contributed by atoms with van der Waals surface area (Å²) in [5.74, 6) is -0.537. The standard InChI is InChI=1S/C19H21FN6O4/c20-16-7-14(25-11-15(9-22-24-21)30-19(25)27)4-5-17(16)26-10-13(8-23-26)12-29-18-3-1-2-6-28-18/h4-5,7-8,10,15,18H,1-3,6,9,11-12H2/t15-,18?/m0/s1. The third-order valence-corrected chi connectivity index (χ3v) is 4.92. The Morgan fingerprint density at radius 2 is 2.30 bits per heavy atom. The summed E-state index contributed by atoms with van der Waals surface area (Å²) in [7, 11) is 0. The highest BCUT2D eigenvalue weighted by atomic mass is 19.1. The lowest BCUT2D eigenvalue weighted by Gasteiger charge is -2.22. The van der Waals surface area contributed by atoms with Gasteiger partial charge < -0.3 is 14.2 Å². The molecule has 4 rings (SSSR count). The minimum Gasteiger partial charge on any atom is -0.444 e. The van der Waals surface area contributed by atoms with Crippen LogP contribution in [0.25, 0.3) is 16.1 Å². The summed E-state index contributed by atoms with van der Waals surface area (Å²) in [5.41, 5.74) is 9.79. The molecule has 10 nitrogen and oxygen atoms in total. The lowest BCUT2D eigenvalue weighted by molar-refractivity contribution is -0.168. The Kier molecular flexibility index (Phi) is 6.12. The van der Waals surface area contributed by atoms with Crippen LogP contribution in [-0.2, 0) is 20.8 Å². The number of carbonyl (C=O) groups is 1. The summed E-state index contributed by atoms with van der Waals surface area (Å²) in [6, 6.07) is 4.41. The number of nitrogens with zero attached hydrogens (tertiary/aromatic N) is 6. The maximum atomic E-state index is 14.7. The number of hydrogen-bond acceptors (Lipinski definition) is 6. The number of cyclic esters (lactones) is 1. The van der Waals surface area contributed by atoms with Crippen molar-refractivity contribution in [2.24, 2.45) is 5.11 Å². The fourth-order valence-corrected chi connectivity index (χ4v) is 3.40. The van der Waals surface area contributed by atoms with Gasteiger partial charge in [0.1, 0.15) is 11.8 Å². The van der Waals surface area contributed by atoms with E-state index in [1.807, 2.05) is 0 Å². The van der Waals surface area contributed by atoms with Gasteiger partial charge in [0.15, 0.2) is 12.1 Å². The zero-order valence-electron chi connectivity index (χ0n) is 16.2. The highest BCUT2D eigenvalue weighted by Gasteiger charge is 2.32. The van der Waals surface area contributed by atoms with Crippen molar-refractivity contribution >= 4 is 11.8 Å². The summed E-state index contributed by atoms with van der Waals surface area (Å²) >= 11 is 0. The average molecular weight is 416 g/mol. The van der Waals surface area contributed by atoms with E-state index in [-0.39, 0.29) is 25.1 Å². The maximum absolute atomic E-state index is 14.7. The minimum absolute atomic E-state index is 0.0311. The van der Waals surface area contributed by atoms with Crippen LogP contribution in [0.4, 0.5) is 14.9 Å². The molecule has 11 heteroatoms. The quantitative estimate of drug-likeness (QED) is 0.388. The second-order valence-electron chi connectivity index (χ2n) is 7.07. The van der Waals surface area contributed by atoms with Crippen molar-refractivity contribution in [3.05, 3.63) is 52.4 Å². The monoisotopic (exact) mass is 416 g/mol. The van der Waals surface area contributed by atoms with Gasteiger partial charge >= 0.3 is 6.09 Å². The molecule has 2 saturated heterocycles. The van der Waals surface area contributed by atoms with Gasteiger partial charge in [-0.15, -0.1) is 0 Å². The smallest absolute Gasteiger partial charge is 0.414 e. The summed E-state index contributed by atoms with van der Waals surface area (Å²) < 4.78 is 32.6. The zero-order valence-corrected chi connectivity index (χ0v) is 16.2. The molecule has 158 valence electrons. The third kappa shape index (κ3) is 4.54. The number of anilines is 1. The van der Waals surface area contributed by atoms with E-state index in [0.29, 0.717) is 18.9 Å². The van der Waals surface area contributed by atoms with Gasteiger partial charge in [-0.2, -0.15) is 5.10 Å². The molecule has 0 spiro atoms. The number of carbonyl (C=O) groups excluding carboxylic acids is 1. The molecule has 0 radical (unpaired) electrons. The fourth-order valence-electron chi connectivity index (χ4n) is 3.40. The van der Waals surface area contributed by atoms with Gasteiger partial charge in [0.05, 0.1) is 31.6 Å². The van der Waals surface area contributed by atoms with Gasteiger partial charge in [-0.25, -0.2) is 13.9 Å². The molecule has 1 unspecified atom stereocenters. The number of aromatic nitrogens is 2. The molecule has 30 heavy (non-hydrogen) atoms. The Hall–Kier alpha value is -3.14. The van der Waals surface area contributed by atoms with Gasteiger partial charge in [-0.1, -0.05) is 5.11 Å². The molecule has 1 aromatic carbocycles. The molecule has 2 atom stereocenters. The number of ether oxygens (including phenoxy) is 3. The molecule has 2 aliphatic heterocycles. The van der Waals surface area contributed by atoms with E-state index < -0.39 is 18.0 Å². The Morgan fingerprint density at radius 1 is 1.40 bits per heavy atom. The fraction of sp³-hybridized carbons (Fsp3) is 0.474. The van der Waals surface area contributed by atoms with E-state index in [2.05, 4.69) is 15.1 Å². The van der Waals surface area contributed by atoms with Crippen LogP contribution in [0.1, 0.15) is 24.8 Å². The highest BCUT2D eigenvalue weighted by molar-refractivity contribution is 5.89. The van der Waals surface area contributed by atoms with E-state index in [1.54, 1.807) is 24.5 Å². The normalized spacial score (nSPS) is 21.4. The van der Waals surface area contributed by atoms with Crippen molar-refractivity contribution in [3.63, 3.8) is 0 Å². The number of rotatable bonds is 7. The number of hydrogen-bond donors (Lipinski definition) is 0. The van der Waals surface area contributed by atoms with E-state index in [4.69, 9.17) is 19.7 Å². The van der Waals surface area contributed by atoms with Gasteiger partial charge in [0, 0.05) is 23.3 Å². The van der Waals surface area contributed by atoms with Gasteiger partial charge in [0.25, 0.3) is 0 Å². The third-order valence-electron chi connectivity index (χ3n) is 4.92. The first-order valence-corrected chi connectivity index (χ1v) is 9.70. The molecule has 0 N–H and O–H groups in total. The molecule has 2 fully saturated rings. The second-order valence-corrected chi connectivity index (χ2v) is 7.07. The molecule has 2 aliphatic rings. The van der Waals surface area contributed by atoms with Crippen molar-refractivity contribution in [2.75, 3.05) is 24.6 Å². The zero-order chi connectivity index (χ0) is 20.9. The number of amides is 1. The molecular formula is C19H21FN6O4. The van der Waals surface area contributed by atoms with E-state index >= 15 is 0 Å². The molecule has 0 bridgehead atoms. The van der Waals surface area contributed by atoms with Gasteiger partial charge in [0.2, 0.25) is 0 Å². The molecule has 0 saturated carbocycles. The summed E-state index contributed by atoms with van der Waals surface area (Å²) in [5, 5.41) is 7.61. The van der Waals surface area contributed by atoms with Crippen molar-refractivity contribution in [1.29, 1.82) is 0 Å². The van der Waals surface area contributed by atoms with E-state index in [9.17, 15) is 9.18 Å². The summed E-state index contributed by atoms with van der Waals surface area (Å²) in [6.45, 7) is 1.25. The predicted molar refractivity (Wildman–Crippen MR) is 104 cm³/mol. The van der Waals surface area contributed by atoms with Crippen LogP contribution >= 0.6 is 0 Å². The molecule has 1 aromatic heterocycles. The first kappa shape index (κ1) is 20.1. The van der Waals surface area contributed by atoms with Crippen LogP contribution in [0.5, 0.6) is 0 Å². The van der Waals surface area contributed by atoms with Crippen LogP contribution in [-0.4, -0.2) is 48.0 Å². The van der Waals surface area contributed by atoms with Crippen molar-refractivity contribution in [2.45, 2.75) is 38.3 Å². The number of benzene rings is 1. The molecule has 2 aromatic rings. The summed E-state index contributed by atoms with van der Waals surface area (Å²) in [4.78, 5) is 16.0. The van der Waals surface area contributed by atoms with E-state index in [0.717, 1.165) is 24.8 Å². The van der Waals surface area contributed by atoms with Crippen molar-refractivity contribution < 1.29 is 23.4 Å². The Balaban J connectivity index is 1.41. The van der Waals surface area contributed by atoms with Crippen LogP contribution in [0, 0.1) is 5.82 Å². The van der Waals surface area contributed by atoms with Crippen LogP contribution < -0.4 is 4.90 Å². The molecule has 0 aliphatic carbocycles. The lowest BCUT2D eigenvalue weighted by atomic mass is 10.2. The molecule has 3 heterocycles. The maximum Gasteiger partial charge on any atom is 0.414 e. The Morgan fingerprint density at radius 3 is 3.07 bits per heavy atom. The second kappa shape index (κ2) is 9.12. The van der Waals surface area contributed by atoms with Crippen molar-refractivity contribution in [3.8, 4) is 5.69 Å². The van der Waals surface area contributed by atoms with Gasteiger partial charge in [-0.3, -0.25) is 4.90 Å². The SMILES string of the molecule is [N-]=[N+]=NC[C@H]1CN(c2ccc(-n3cc(COC4CCCCO4)cn3)c(F)c2)C(=O)O1. The van der Waals surface area contributed by atoms with Gasteiger partial charge in [-0.05, 0) is 43.0 Å². The average Bonchev–Trinajstić information content (AvgIpc) is 3.38. The topological polar surface area (TPSA) is 115 Å². The number of azide groups is 1. The summed E-state index contributed by atoms with van der Waals surface area (Å²) in [6.07, 6.45) is 4.94.